The van der Waals surface area contributed by atoms with Crippen LogP contribution in [0.15, 0.2) is 54.6 Å². The molecule has 1 fully saturated rings. The standard InChI is InChI=1S/C23H28O7/c1-23(2)29-20(13-18(24)15-9-11-17(27-3)12-10-15)21(30-23)19(25)14-28-22(26)16-7-5-4-6-8-16/h4-12,18-21,24-25H,13-14H2,1-3H3/t18?,19-,20-,21-/m1/s1. The van der Waals surface area contributed by atoms with Gasteiger partial charge in [-0.05, 0) is 43.7 Å². The summed E-state index contributed by atoms with van der Waals surface area (Å²) < 4.78 is 22.1. The second-order valence-electron chi connectivity index (χ2n) is 7.70. The van der Waals surface area contributed by atoms with Crippen LogP contribution in [0, 0.1) is 0 Å². The van der Waals surface area contributed by atoms with Crippen LogP contribution in [0.1, 0.15) is 42.3 Å². The van der Waals surface area contributed by atoms with Crippen molar-refractivity contribution in [3.63, 3.8) is 0 Å². The van der Waals surface area contributed by atoms with E-state index in [1.165, 1.54) is 0 Å². The van der Waals surface area contributed by atoms with Gasteiger partial charge in [0.15, 0.2) is 5.79 Å². The van der Waals surface area contributed by atoms with E-state index in [9.17, 15) is 15.0 Å². The number of methoxy groups -OCH3 is 1. The van der Waals surface area contributed by atoms with E-state index < -0.39 is 36.2 Å². The maximum absolute atomic E-state index is 12.1. The number of ether oxygens (including phenoxy) is 4. The molecule has 2 N–H and O–H groups in total. The number of rotatable bonds is 8. The molecule has 2 aromatic rings. The summed E-state index contributed by atoms with van der Waals surface area (Å²) in [5, 5.41) is 21.3. The highest BCUT2D eigenvalue weighted by atomic mass is 16.8. The molecule has 4 atom stereocenters. The fourth-order valence-electron chi connectivity index (χ4n) is 3.47. The maximum atomic E-state index is 12.1. The van der Waals surface area contributed by atoms with Gasteiger partial charge in [-0.15, -0.1) is 0 Å². The fraction of sp³-hybridized carbons (Fsp3) is 0.435. The molecule has 0 aliphatic carbocycles. The smallest absolute Gasteiger partial charge is 0.338 e. The highest BCUT2D eigenvalue weighted by Crippen LogP contribution is 2.35. The molecule has 2 aromatic carbocycles. The van der Waals surface area contributed by atoms with Gasteiger partial charge in [0, 0.05) is 6.42 Å². The Hall–Kier alpha value is -2.45. The van der Waals surface area contributed by atoms with Crippen molar-refractivity contribution in [2.24, 2.45) is 0 Å². The molecule has 1 saturated heterocycles. The molecule has 0 radical (unpaired) electrons. The lowest BCUT2D eigenvalue weighted by Gasteiger charge is -2.24. The molecule has 1 aliphatic rings. The van der Waals surface area contributed by atoms with Gasteiger partial charge in [-0.2, -0.15) is 0 Å². The third kappa shape index (κ3) is 5.58. The van der Waals surface area contributed by atoms with Crippen molar-refractivity contribution >= 4 is 5.97 Å². The predicted molar refractivity (Wildman–Crippen MR) is 109 cm³/mol. The Morgan fingerprint density at radius 2 is 1.73 bits per heavy atom. The molecule has 7 heteroatoms. The van der Waals surface area contributed by atoms with E-state index in [-0.39, 0.29) is 13.0 Å². The van der Waals surface area contributed by atoms with Gasteiger partial charge in [0.05, 0.1) is 24.9 Å². The zero-order chi connectivity index (χ0) is 21.7. The van der Waals surface area contributed by atoms with Gasteiger partial charge in [0.25, 0.3) is 0 Å². The fourth-order valence-corrected chi connectivity index (χ4v) is 3.47. The Labute approximate surface area is 176 Å². The van der Waals surface area contributed by atoms with Gasteiger partial charge >= 0.3 is 5.97 Å². The first kappa shape index (κ1) is 22.2. The SMILES string of the molecule is COc1ccc(C(O)C[C@H]2OC(C)(C)O[C@@H]2[C@H](O)COC(=O)c2ccccc2)cc1. The topological polar surface area (TPSA) is 94.5 Å². The number of esters is 1. The molecular formula is C23H28O7. The summed E-state index contributed by atoms with van der Waals surface area (Å²) in [5.41, 5.74) is 1.10. The molecule has 30 heavy (non-hydrogen) atoms. The van der Waals surface area contributed by atoms with Crippen molar-refractivity contribution in [3.8, 4) is 5.75 Å². The van der Waals surface area contributed by atoms with Crippen molar-refractivity contribution in [3.05, 3.63) is 65.7 Å². The van der Waals surface area contributed by atoms with Crippen LogP contribution < -0.4 is 4.74 Å². The minimum atomic E-state index is -1.10. The van der Waals surface area contributed by atoms with Gasteiger partial charge in [-0.1, -0.05) is 30.3 Å². The largest absolute Gasteiger partial charge is 0.497 e. The van der Waals surface area contributed by atoms with E-state index in [2.05, 4.69) is 0 Å². The quantitative estimate of drug-likeness (QED) is 0.639. The molecule has 0 amide bonds. The first-order chi connectivity index (χ1) is 14.3. The summed E-state index contributed by atoms with van der Waals surface area (Å²) in [6.45, 7) is 3.23. The molecule has 0 aromatic heterocycles. The lowest BCUT2D eigenvalue weighted by atomic mass is 9.98. The monoisotopic (exact) mass is 416 g/mol. The van der Waals surface area contributed by atoms with Gasteiger partial charge in [0.2, 0.25) is 0 Å². The Balaban J connectivity index is 1.62. The van der Waals surface area contributed by atoms with E-state index in [0.29, 0.717) is 16.9 Å². The summed E-state index contributed by atoms with van der Waals surface area (Å²) in [4.78, 5) is 12.1. The summed E-state index contributed by atoms with van der Waals surface area (Å²) in [6.07, 6.45) is -3.05. The van der Waals surface area contributed by atoms with Crippen molar-refractivity contribution in [2.75, 3.05) is 13.7 Å². The molecule has 0 spiro atoms. The van der Waals surface area contributed by atoms with Gasteiger partial charge in [-0.3, -0.25) is 0 Å². The van der Waals surface area contributed by atoms with Crippen molar-refractivity contribution < 1.29 is 34.0 Å². The van der Waals surface area contributed by atoms with Crippen molar-refractivity contribution in [1.82, 2.24) is 0 Å². The van der Waals surface area contributed by atoms with Crippen LogP contribution in [-0.2, 0) is 14.2 Å². The molecule has 7 nitrogen and oxygen atoms in total. The van der Waals surface area contributed by atoms with Crippen LogP contribution in [0.4, 0.5) is 0 Å². The highest BCUT2D eigenvalue weighted by Gasteiger charge is 2.45. The van der Waals surface area contributed by atoms with Gasteiger partial charge < -0.3 is 29.2 Å². The maximum Gasteiger partial charge on any atom is 0.338 e. The van der Waals surface area contributed by atoms with Crippen LogP contribution in [-0.4, -0.2) is 54.0 Å². The number of carbonyl (C=O) groups is 1. The number of aliphatic hydroxyl groups excluding tert-OH is 2. The van der Waals surface area contributed by atoms with Crippen LogP contribution in [0.2, 0.25) is 0 Å². The third-order valence-corrected chi connectivity index (χ3v) is 4.95. The van der Waals surface area contributed by atoms with E-state index in [1.54, 1.807) is 75.6 Å². The normalized spacial score (nSPS) is 22.3. The molecule has 1 heterocycles. The van der Waals surface area contributed by atoms with Crippen molar-refractivity contribution in [2.45, 2.75) is 50.5 Å². The zero-order valence-corrected chi connectivity index (χ0v) is 17.4. The second kappa shape index (κ2) is 9.57. The van der Waals surface area contributed by atoms with Crippen LogP contribution in [0.3, 0.4) is 0 Å². The number of benzene rings is 2. The van der Waals surface area contributed by atoms with Crippen LogP contribution >= 0.6 is 0 Å². The lowest BCUT2D eigenvalue weighted by Crippen LogP contribution is -2.39. The average molecular weight is 416 g/mol. The Morgan fingerprint density at radius 3 is 2.37 bits per heavy atom. The molecule has 1 unspecified atom stereocenters. The van der Waals surface area contributed by atoms with Crippen molar-refractivity contribution in [1.29, 1.82) is 0 Å². The van der Waals surface area contributed by atoms with E-state index in [1.807, 2.05) is 0 Å². The number of hydrogen-bond acceptors (Lipinski definition) is 7. The second-order valence-corrected chi connectivity index (χ2v) is 7.70. The van der Waals surface area contributed by atoms with Crippen LogP contribution in [0.25, 0.3) is 0 Å². The van der Waals surface area contributed by atoms with Gasteiger partial charge in [0.1, 0.15) is 24.6 Å². The third-order valence-electron chi connectivity index (χ3n) is 4.95. The van der Waals surface area contributed by atoms with E-state index in [4.69, 9.17) is 18.9 Å². The minimum Gasteiger partial charge on any atom is -0.497 e. The highest BCUT2D eigenvalue weighted by molar-refractivity contribution is 5.89. The van der Waals surface area contributed by atoms with Gasteiger partial charge in [-0.25, -0.2) is 4.79 Å². The van der Waals surface area contributed by atoms with E-state index in [0.717, 1.165) is 0 Å². The van der Waals surface area contributed by atoms with Crippen LogP contribution in [0.5, 0.6) is 5.75 Å². The Bertz CT molecular complexity index is 819. The number of aliphatic hydroxyl groups is 2. The average Bonchev–Trinajstić information content (AvgIpc) is 3.06. The summed E-state index contributed by atoms with van der Waals surface area (Å²) in [7, 11) is 1.58. The molecular weight excluding hydrogens is 388 g/mol. The molecule has 3 rings (SSSR count). The molecule has 0 saturated carbocycles. The molecule has 1 aliphatic heterocycles. The first-order valence-corrected chi connectivity index (χ1v) is 9.87. The summed E-state index contributed by atoms with van der Waals surface area (Å²) >= 11 is 0. The summed E-state index contributed by atoms with van der Waals surface area (Å²) in [6, 6.07) is 15.6. The summed E-state index contributed by atoms with van der Waals surface area (Å²) in [5.74, 6) is -0.761. The predicted octanol–water partition coefficient (Wildman–Crippen LogP) is 2.86. The Morgan fingerprint density at radius 1 is 1.07 bits per heavy atom. The first-order valence-electron chi connectivity index (χ1n) is 9.87. The number of carbonyl (C=O) groups excluding carboxylic acids is 1. The lowest BCUT2D eigenvalue weighted by molar-refractivity contribution is -0.158. The molecule has 162 valence electrons. The van der Waals surface area contributed by atoms with E-state index >= 15 is 0 Å². The molecule has 0 bridgehead atoms. The minimum absolute atomic E-state index is 0.212. The zero-order valence-electron chi connectivity index (χ0n) is 17.4. The Kier molecular flexibility index (Phi) is 7.10. The number of hydrogen-bond donors (Lipinski definition) is 2.